The zero-order valence-electron chi connectivity index (χ0n) is 16.4. The lowest BCUT2D eigenvalue weighted by atomic mass is 9.96. The average molecular weight is 536 g/mol. The van der Waals surface area contributed by atoms with Gasteiger partial charge in [-0.1, -0.05) is 0 Å². The molecule has 3 heterocycles. The predicted molar refractivity (Wildman–Crippen MR) is 105 cm³/mol. The third kappa shape index (κ3) is 5.75. The van der Waals surface area contributed by atoms with Gasteiger partial charge in [0.05, 0.1) is 12.9 Å². The molecule has 0 spiro atoms. The van der Waals surface area contributed by atoms with E-state index in [1.807, 2.05) is 0 Å². The molecule has 0 radical (unpaired) electrons. The number of H-pyrrole nitrogens is 1. The minimum Gasteiger partial charge on any atom is -0.387 e. The first-order chi connectivity index (χ1) is 14.9. The average Bonchev–Trinajstić information content (AvgIpc) is 3.10. The lowest BCUT2D eigenvalue weighted by molar-refractivity contribution is -0.0948. The third-order valence-corrected chi connectivity index (χ3v) is 8.22. The van der Waals surface area contributed by atoms with E-state index in [0.717, 1.165) is 17.8 Å². The molecule has 0 aliphatic carbocycles. The van der Waals surface area contributed by atoms with E-state index in [9.17, 15) is 33.6 Å². The number of anilines is 1. The second-order valence-corrected chi connectivity index (χ2v) is 11.5. The number of nitrogen functional groups attached to an aromatic ring is 1. The molecule has 0 saturated carbocycles. The van der Waals surface area contributed by atoms with Crippen LogP contribution in [0, 0.1) is 0 Å². The van der Waals surface area contributed by atoms with Gasteiger partial charge < -0.3 is 35.4 Å². The number of fused-ring (bicyclic) bond motifs is 1. The Labute approximate surface area is 182 Å². The molecule has 0 bridgehead atoms. The van der Waals surface area contributed by atoms with Gasteiger partial charge in [0.25, 0.3) is 5.56 Å². The molecular formula is C11H19N6O13P3. The molecule has 1 saturated heterocycles. The molecular weight excluding hydrogens is 517 g/mol. The van der Waals surface area contributed by atoms with Crippen LogP contribution in [0.2, 0.25) is 0 Å². The lowest BCUT2D eigenvalue weighted by Crippen LogP contribution is -2.44. The Balaban J connectivity index is 1.78. The summed E-state index contributed by atoms with van der Waals surface area (Å²) in [5.41, 5.74) is 7.63. The Morgan fingerprint density at radius 3 is 2.55 bits per heavy atom. The van der Waals surface area contributed by atoms with Gasteiger partial charge in [-0.3, -0.25) is 18.9 Å². The molecule has 1 aliphatic rings. The van der Waals surface area contributed by atoms with Crippen molar-refractivity contribution in [1.29, 1.82) is 0 Å². The summed E-state index contributed by atoms with van der Waals surface area (Å²) in [6, 6.07) is 0. The van der Waals surface area contributed by atoms with Crippen LogP contribution in [0.15, 0.2) is 11.1 Å². The van der Waals surface area contributed by atoms with Gasteiger partial charge in [-0.25, -0.2) is 24.2 Å². The lowest BCUT2D eigenvalue weighted by Gasteiger charge is -2.27. The summed E-state index contributed by atoms with van der Waals surface area (Å²) in [7, 11) is -16.1. The summed E-state index contributed by atoms with van der Waals surface area (Å²) in [4.78, 5) is 48.3. The second-order valence-electron chi connectivity index (χ2n) is 6.93. The van der Waals surface area contributed by atoms with Crippen molar-refractivity contribution in [1.82, 2.24) is 19.5 Å². The number of phosphoric acid groups is 2. The minimum absolute atomic E-state index is 0.0982. The van der Waals surface area contributed by atoms with Crippen LogP contribution < -0.4 is 16.8 Å². The van der Waals surface area contributed by atoms with Crippen LogP contribution in [0.5, 0.6) is 0 Å². The van der Waals surface area contributed by atoms with Crippen molar-refractivity contribution in [3.05, 3.63) is 16.7 Å². The summed E-state index contributed by atoms with van der Waals surface area (Å²) in [5, 5.41) is 21.2. The Morgan fingerprint density at radius 2 is 1.94 bits per heavy atom. The van der Waals surface area contributed by atoms with Gasteiger partial charge in [0.2, 0.25) is 5.95 Å². The normalized spacial score (nSPS) is 29.7. The van der Waals surface area contributed by atoms with E-state index in [0.29, 0.717) is 0 Å². The first-order valence-corrected chi connectivity index (χ1v) is 13.2. The number of aliphatic hydroxyl groups is 2. The molecule has 1 fully saturated rings. The summed E-state index contributed by atoms with van der Waals surface area (Å²) >= 11 is 0. The van der Waals surface area contributed by atoms with Crippen LogP contribution >= 0.6 is 23.4 Å². The monoisotopic (exact) mass is 536 g/mol. The molecule has 0 aromatic carbocycles. The number of hydrogen-bond acceptors (Lipinski definition) is 13. The van der Waals surface area contributed by atoms with Gasteiger partial charge in [-0.2, -0.15) is 13.6 Å². The van der Waals surface area contributed by atoms with Crippen LogP contribution in [0.25, 0.3) is 11.2 Å². The fourth-order valence-electron chi connectivity index (χ4n) is 2.99. The molecule has 2 aromatic rings. The van der Waals surface area contributed by atoms with Gasteiger partial charge in [-0.15, -0.1) is 0 Å². The smallest absolute Gasteiger partial charge is 0.387 e. The molecule has 22 heteroatoms. The highest BCUT2D eigenvalue weighted by atomic mass is 31.3. The number of hydrogen-bond donors (Lipinski definition) is 8. The van der Waals surface area contributed by atoms with E-state index >= 15 is 0 Å². The van der Waals surface area contributed by atoms with E-state index in [1.54, 1.807) is 0 Å². The van der Waals surface area contributed by atoms with Crippen molar-refractivity contribution >= 4 is 40.5 Å². The van der Waals surface area contributed by atoms with Gasteiger partial charge >= 0.3 is 23.4 Å². The van der Waals surface area contributed by atoms with E-state index < -0.39 is 59.6 Å². The summed E-state index contributed by atoms with van der Waals surface area (Å²) in [6.07, 6.45) is -3.57. The third-order valence-electron chi connectivity index (χ3n) is 4.30. The van der Waals surface area contributed by atoms with Crippen LogP contribution in [-0.2, 0) is 31.6 Å². The summed E-state index contributed by atoms with van der Waals surface area (Å²) < 4.78 is 52.9. The number of aromatic nitrogens is 4. The van der Waals surface area contributed by atoms with Crippen LogP contribution in [0.1, 0.15) is 13.2 Å². The maximum absolute atomic E-state index is 12.1. The van der Waals surface area contributed by atoms with Crippen molar-refractivity contribution in [2.24, 2.45) is 5.50 Å². The fraction of sp³-hybridized carbons (Fsp3) is 0.545. The van der Waals surface area contributed by atoms with Crippen molar-refractivity contribution in [2.45, 2.75) is 31.0 Å². The highest BCUT2D eigenvalue weighted by molar-refractivity contribution is 7.67. The maximum Gasteiger partial charge on any atom is 0.489 e. The number of nitrogens with two attached hydrogens (primary N) is 2. The number of aromatic amines is 1. The summed E-state index contributed by atoms with van der Waals surface area (Å²) in [6.45, 7) is 0.249. The van der Waals surface area contributed by atoms with Crippen LogP contribution in [-0.4, -0.2) is 68.8 Å². The standard InChI is InChI=1S/C11H19N6O13P3/c1-11(20)6(18)4(2-27-31(13,21)29-33(25,26)30-32(22,23)24)28-9(11)17-3-14-5-7(17)15-10(12)16-8(5)19/h3-4,6,9,18,20H,2H2,1H3,(H2,13,21)(H,25,26)(H2,22,23,24)(H3,12,15,16,19)/t4-,6-,9-,11-,31?/m1/s1. The largest absolute Gasteiger partial charge is 0.489 e. The Morgan fingerprint density at radius 1 is 1.30 bits per heavy atom. The zero-order valence-corrected chi connectivity index (χ0v) is 19.0. The second kappa shape index (κ2) is 8.58. The van der Waals surface area contributed by atoms with E-state index in [4.69, 9.17) is 25.8 Å². The van der Waals surface area contributed by atoms with Gasteiger partial charge in [0, 0.05) is 0 Å². The number of aliphatic hydroxyl groups excluding tert-OH is 1. The maximum atomic E-state index is 12.1. The first kappa shape index (κ1) is 26.1. The number of ether oxygens (including phenoxy) is 1. The molecule has 3 rings (SSSR count). The molecule has 33 heavy (non-hydrogen) atoms. The van der Waals surface area contributed by atoms with Crippen molar-refractivity contribution < 1.29 is 56.5 Å². The minimum atomic E-state index is -5.62. The molecule has 6 atom stereocenters. The Hall–Kier alpha value is -1.56. The SMILES string of the molecule is C[C@@]1(O)[C@H](O)[C@@H](COP(N)(=O)OP(=O)(O)OP(=O)(O)O)O[C@H]1n1cnc2c(=O)[nH]c(N)nc21. The van der Waals surface area contributed by atoms with Crippen molar-refractivity contribution in [3.8, 4) is 0 Å². The highest BCUT2D eigenvalue weighted by Gasteiger charge is 2.54. The van der Waals surface area contributed by atoms with E-state index in [-0.39, 0.29) is 17.1 Å². The topological polar surface area (TPSA) is 305 Å². The van der Waals surface area contributed by atoms with Gasteiger partial charge in [-0.05, 0) is 6.92 Å². The van der Waals surface area contributed by atoms with E-state index in [1.165, 1.54) is 0 Å². The highest BCUT2D eigenvalue weighted by Crippen LogP contribution is 2.65. The molecule has 186 valence electrons. The molecule has 10 N–H and O–H groups in total. The summed E-state index contributed by atoms with van der Waals surface area (Å²) in [5.74, 6) is -0.264. The first-order valence-electron chi connectivity index (χ1n) is 8.54. The van der Waals surface area contributed by atoms with Crippen LogP contribution in [0.4, 0.5) is 5.95 Å². The zero-order chi connectivity index (χ0) is 25.0. The molecule has 0 amide bonds. The van der Waals surface area contributed by atoms with Crippen LogP contribution in [0.3, 0.4) is 0 Å². The number of rotatable bonds is 8. The molecule has 19 nitrogen and oxygen atoms in total. The molecule has 1 aliphatic heterocycles. The van der Waals surface area contributed by atoms with Gasteiger partial charge in [0.1, 0.15) is 17.8 Å². The predicted octanol–water partition coefficient (Wildman–Crippen LogP) is -1.98. The number of imidazole rings is 1. The van der Waals surface area contributed by atoms with E-state index in [2.05, 4.69) is 28.1 Å². The Kier molecular flexibility index (Phi) is 6.78. The van der Waals surface area contributed by atoms with Crippen molar-refractivity contribution in [3.63, 3.8) is 0 Å². The quantitative estimate of drug-likeness (QED) is 0.169. The molecule has 2 aromatic heterocycles. The molecule has 2 unspecified atom stereocenters. The number of nitrogens with one attached hydrogen (secondary N) is 1. The van der Waals surface area contributed by atoms with Gasteiger partial charge in [0.15, 0.2) is 17.4 Å². The number of nitrogens with zero attached hydrogens (tertiary/aromatic N) is 3. The fourth-order valence-corrected chi connectivity index (χ4v) is 6.14. The van der Waals surface area contributed by atoms with Crippen molar-refractivity contribution in [2.75, 3.05) is 12.3 Å². The Bertz CT molecular complexity index is 1250.